The Morgan fingerprint density at radius 2 is 1.96 bits per heavy atom. The number of hydrogen-bond donors (Lipinski definition) is 1. The fourth-order valence-electron chi connectivity index (χ4n) is 2.86. The molecule has 2 heterocycles. The van der Waals surface area contributed by atoms with E-state index in [4.69, 9.17) is 4.52 Å². The average molecular weight is 349 g/mol. The van der Waals surface area contributed by atoms with Gasteiger partial charge in [-0.3, -0.25) is 0 Å². The zero-order chi connectivity index (χ0) is 18.3. The average Bonchev–Trinajstić information content (AvgIpc) is 3.21. The molecule has 26 heavy (non-hydrogen) atoms. The van der Waals surface area contributed by atoms with Gasteiger partial charge in [-0.1, -0.05) is 28.6 Å². The van der Waals surface area contributed by atoms with Crippen LogP contribution in [0.3, 0.4) is 0 Å². The van der Waals surface area contributed by atoms with Crippen LogP contribution in [0.2, 0.25) is 0 Å². The molecule has 0 saturated heterocycles. The molecule has 2 aromatic heterocycles. The van der Waals surface area contributed by atoms with E-state index >= 15 is 0 Å². The molecule has 4 rings (SSSR count). The van der Waals surface area contributed by atoms with Crippen LogP contribution < -0.4 is 0 Å². The third-order valence-corrected chi connectivity index (χ3v) is 4.11. The Kier molecular flexibility index (Phi) is 3.81. The van der Waals surface area contributed by atoms with Crippen LogP contribution in [-0.2, 0) is 6.54 Å². The van der Waals surface area contributed by atoms with Gasteiger partial charge in [0.15, 0.2) is 0 Å². The van der Waals surface area contributed by atoms with E-state index in [-0.39, 0.29) is 0 Å². The fraction of sp³-hybridized carbons (Fsp3) is 0.263. The topological polar surface area (TPSA) is 89.9 Å². The number of rotatable bonds is 4. The molecule has 0 radical (unpaired) electrons. The van der Waals surface area contributed by atoms with E-state index in [9.17, 15) is 5.11 Å². The van der Waals surface area contributed by atoms with E-state index in [1.807, 2.05) is 49.4 Å². The first kappa shape index (κ1) is 16.4. The molecule has 0 saturated carbocycles. The third kappa shape index (κ3) is 3.09. The second kappa shape index (κ2) is 6.03. The van der Waals surface area contributed by atoms with Gasteiger partial charge in [-0.15, -0.1) is 5.10 Å². The van der Waals surface area contributed by atoms with Crippen molar-refractivity contribution in [1.29, 1.82) is 0 Å². The first-order valence-electron chi connectivity index (χ1n) is 8.36. The highest BCUT2D eigenvalue weighted by atomic mass is 16.5. The normalized spacial score (nSPS) is 12.0. The standard InChI is InChI=1S/C19H19N5O2/c1-12-6-4-5-7-14(12)18-20-17(22-26-18)13-8-9-16-15(10-13)21-23-24(16)11-19(2,3)25/h4-10,25H,11H2,1-3H3. The third-order valence-electron chi connectivity index (χ3n) is 4.11. The van der Waals surface area contributed by atoms with Crippen molar-refractivity contribution >= 4 is 11.0 Å². The number of aromatic nitrogens is 5. The van der Waals surface area contributed by atoms with Crippen LogP contribution in [-0.4, -0.2) is 35.8 Å². The summed E-state index contributed by atoms with van der Waals surface area (Å²) in [5.41, 5.74) is 3.50. The number of aryl methyl sites for hydroxylation is 1. The Balaban J connectivity index is 1.69. The Hall–Kier alpha value is -3.06. The van der Waals surface area contributed by atoms with Gasteiger partial charge in [-0.05, 0) is 50.6 Å². The van der Waals surface area contributed by atoms with Crippen LogP contribution in [0.4, 0.5) is 0 Å². The van der Waals surface area contributed by atoms with E-state index in [1.165, 1.54) is 0 Å². The van der Waals surface area contributed by atoms with Gasteiger partial charge in [-0.2, -0.15) is 4.98 Å². The van der Waals surface area contributed by atoms with Crippen LogP contribution >= 0.6 is 0 Å². The Bertz CT molecular complexity index is 1070. The van der Waals surface area contributed by atoms with Crippen LogP contribution in [0.5, 0.6) is 0 Å². The largest absolute Gasteiger partial charge is 0.389 e. The molecule has 0 aliphatic heterocycles. The minimum Gasteiger partial charge on any atom is -0.389 e. The van der Waals surface area contributed by atoms with Gasteiger partial charge in [-0.25, -0.2) is 4.68 Å². The van der Waals surface area contributed by atoms with Crippen LogP contribution in [0.15, 0.2) is 47.0 Å². The van der Waals surface area contributed by atoms with E-state index in [2.05, 4.69) is 20.5 Å². The lowest BCUT2D eigenvalue weighted by Crippen LogP contribution is -2.26. The summed E-state index contributed by atoms with van der Waals surface area (Å²) in [5, 5.41) is 22.4. The van der Waals surface area contributed by atoms with Crippen LogP contribution in [0.1, 0.15) is 19.4 Å². The van der Waals surface area contributed by atoms with Crippen molar-refractivity contribution in [2.75, 3.05) is 0 Å². The molecule has 4 aromatic rings. The smallest absolute Gasteiger partial charge is 0.258 e. The summed E-state index contributed by atoms with van der Waals surface area (Å²) < 4.78 is 7.12. The molecule has 0 bridgehead atoms. The number of hydrogen-bond acceptors (Lipinski definition) is 6. The molecule has 2 aromatic carbocycles. The van der Waals surface area contributed by atoms with Crippen molar-refractivity contribution in [3.8, 4) is 22.8 Å². The van der Waals surface area contributed by atoms with Crippen molar-refractivity contribution in [2.45, 2.75) is 32.9 Å². The number of aliphatic hydroxyl groups is 1. The monoisotopic (exact) mass is 349 g/mol. The van der Waals surface area contributed by atoms with Crippen LogP contribution in [0, 0.1) is 6.92 Å². The minimum absolute atomic E-state index is 0.364. The molecule has 7 heteroatoms. The van der Waals surface area contributed by atoms with E-state index in [0.717, 1.165) is 22.2 Å². The van der Waals surface area contributed by atoms with Gasteiger partial charge in [0.1, 0.15) is 5.52 Å². The molecule has 0 fully saturated rings. The Labute approximate surface area is 150 Å². The molecular weight excluding hydrogens is 330 g/mol. The van der Waals surface area contributed by atoms with Crippen molar-refractivity contribution in [3.05, 3.63) is 48.0 Å². The quantitative estimate of drug-likeness (QED) is 0.608. The summed E-state index contributed by atoms with van der Waals surface area (Å²) in [6.07, 6.45) is 0. The number of fused-ring (bicyclic) bond motifs is 1. The number of benzene rings is 2. The highest BCUT2D eigenvalue weighted by Crippen LogP contribution is 2.26. The van der Waals surface area contributed by atoms with Gasteiger partial charge in [0, 0.05) is 11.1 Å². The second-order valence-corrected chi connectivity index (χ2v) is 7.00. The molecule has 7 nitrogen and oxygen atoms in total. The Morgan fingerprint density at radius 3 is 2.73 bits per heavy atom. The van der Waals surface area contributed by atoms with Crippen LogP contribution in [0.25, 0.3) is 33.9 Å². The van der Waals surface area contributed by atoms with E-state index in [1.54, 1.807) is 18.5 Å². The maximum atomic E-state index is 9.99. The van der Waals surface area contributed by atoms with E-state index < -0.39 is 5.60 Å². The summed E-state index contributed by atoms with van der Waals surface area (Å²) in [4.78, 5) is 4.51. The van der Waals surface area contributed by atoms with Gasteiger partial charge in [0.2, 0.25) is 5.82 Å². The number of nitrogens with zero attached hydrogens (tertiary/aromatic N) is 5. The lowest BCUT2D eigenvalue weighted by Gasteiger charge is -2.16. The molecule has 0 atom stereocenters. The van der Waals surface area contributed by atoms with Gasteiger partial charge < -0.3 is 9.63 Å². The maximum absolute atomic E-state index is 9.99. The predicted octanol–water partition coefficient (Wildman–Crippen LogP) is 3.23. The summed E-state index contributed by atoms with van der Waals surface area (Å²) in [7, 11) is 0. The SMILES string of the molecule is Cc1ccccc1-c1nc(-c2ccc3c(c2)nnn3CC(C)(C)O)no1. The summed E-state index contributed by atoms with van der Waals surface area (Å²) in [6, 6.07) is 13.6. The lowest BCUT2D eigenvalue weighted by molar-refractivity contribution is 0.0585. The second-order valence-electron chi connectivity index (χ2n) is 7.00. The zero-order valence-corrected chi connectivity index (χ0v) is 14.8. The lowest BCUT2D eigenvalue weighted by atomic mass is 10.1. The molecule has 0 unspecified atom stereocenters. The van der Waals surface area contributed by atoms with Gasteiger partial charge >= 0.3 is 0 Å². The highest BCUT2D eigenvalue weighted by molar-refractivity contribution is 5.80. The molecule has 0 aliphatic rings. The van der Waals surface area contributed by atoms with Crippen molar-refractivity contribution < 1.29 is 9.63 Å². The zero-order valence-electron chi connectivity index (χ0n) is 14.8. The summed E-state index contributed by atoms with van der Waals surface area (Å²) in [6.45, 7) is 5.84. The van der Waals surface area contributed by atoms with E-state index in [0.29, 0.717) is 23.8 Å². The molecule has 132 valence electrons. The summed E-state index contributed by atoms with van der Waals surface area (Å²) >= 11 is 0. The fourth-order valence-corrected chi connectivity index (χ4v) is 2.86. The van der Waals surface area contributed by atoms with Gasteiger partial charge in [0.05, 0.1) is 17.7 Å². The summed E-state index contributed by atoms with van der Waals surface area (Å²) in [5.74, 6) is 0.992. The predicted molar refractivity (Wildman–Crippen MR) is 97.3 cm³/mol. The van der Waals surface area contributed by atoms with Crippen molar-refractivity contribution in [1.82, 2.24) is 25.1 Å². The molecule has 0 spiro atoms. The molecule has 0 aliphatic carbocycles. The van der Waals surface area contributed by atoms with Crippen molar-refractivity contribution in [3.63, 3.8) is 0 Å². The molecular formula is C19H19N5O2. The maximum Gasteiger partial charge on any atom is 0.258 e. The van der Waals surface area contributed by atoms with Crippen molar-refractivity contribution in [2.24, 2.45) is 0 Å². The molecule has 0 amide bonds. The van der Waals surface area contributed by atoms with Gasteiger partial charge in [0.25, 0.3) is 5.89 Å². The first-order chi connectivity index (χ1) is 12.4. The Morgan fingerprint density at radius 1 is 1.15 bits per heavy atom. The first-order valence-corrected chi connectivity index (χ1v) is 8.36. The molecule has 1 N–H and O–H groups in total. The minimum atomic E-state index is -0.866. The highest BCUT2D eigenvalue weighted by Gasteiger charge is 2.18.